The molecule has 34 heavy (non-hydrogen) atoms. The summed E-state index contributed by atoms with van der Waals surface area (Å²) in [4.78, 5) is 18.3. The highest BCUT2D eigenvalue weighted by Crippen LogP contribution is 2.31. The lowest BCUT2D eigenvalue weighted by Crippen LogP contribution is -2.19. The van der Waals surface area contributed by atoms with Crippen LogP contribution >= 0.6 is 0 Å². The van der Waals surface area contributed by atoms with Gasteiger partial charge >= 0.3 is 0 Å². The van der Waals surface area contributed by atoms with E-state index >= 15 is 0 Å². The third-order valence-electron chi connectivity index (χ3n) is 6.32. The zero-order valence-electron chi connectivity index (χ0n) is 18.9. The van der Waals surface area contributed by atoms with Gasteiger partial charge in [-0.05, 0) is 43.9 Å². The summed E-state index contributed by atoms with van der Waals surface area (Å²) < 4.78 is 7.80. The van der Waals surface area contributed by atoms with Gasteiger partial charge in [-0.25, -0.2) is 24.6 Å². The van der Waals surface area contributed by atoms with Crippen LogP contribution in [0.25, 0.3) is 33.2 Å². The molecule has 0 amide bonds. The second-order valence-electron chi connectivity index (χ2n) is 8.61. The Bertz CT molecular complexity index is 1440. The minimum absolute atomic E-state index is 0.0665. The number of benzene rings is 2. The maximum Gasteiger partial charge on any atom is 0.223 e. The average molecular weight is 452 g/mol. The van der Waals surface area contributed by atoms with Crippen molar-refractivity contribution in [2.45, 2.75) is 38.5 Å². The Balaban J connectivity index is 1.30. The molecule has 1 aliphatic rings. The van der Waals surface area contributed by atoms with Crippen molar-refractivity contribution in [1.82, 2.24) is 29.7 Å². The average Bonchev–Trinajstić information content (AvgIpc) is 3.34. The van der Waals surface area contributed by atoms with Gasteiger partial charge in [-0.15, -0.1) is 0 Å². The van der Waals surface area contributed by atoms with Crippen LogP contribution in [0.2, 0.25) is 0 Å². The van der Waals surface area contributed by atoms with Crippen LogP contribution < -0.4 is 5.32 Å². The van der Waals surface area contributed by atoms with Gasteiger partial charge in [-0.2, -0.15) is 5.10 Å². The summed E-state index contributed by atoms with van der Waals surface area (Å²) in [6.07, 6.45) is 8.39. The fourth-order valence-electron chi connectivity index (χ4n) is 4.49. The van der Waals surface area contributed by atoms with E-state index in [1.807, 2.05) is 47.4 Å². The molecule has 3 aromatic heterocycles. The SMILES string of the molecule is CC(Nc1ncc2cc(-c3ncnc4c3cnn4C3CCCCO3)ccc2n1)c1ccccc1. The molecule has 2 unspecified atom stereocenters. The summed E-state index contributed by atoms with van der Waals surface area (Å²) in [5, 5.41) is 9.84. The molecular formula is C26H25N7O. The summed E-state index contributed by atoms with van der Waals surface area (Å²) in [7, 11) is 0. The number of aromatic nitrogens is 6. The zero-order chi connectivity index (χ0) is 22.9. The van der Waals surface area contributed by atoms with Gasteiger partial charge in [-0.3, -0.25) is 0 Å². The van der Waals surface area contributed by atoms with Crippen molar-refractivity contribution in [2.75, 3.05) is 11.9 Å². The molecule has 1 N–H and O–H groups in total. The summed E-state index contributed by atoms with van der Waals surface area (Å²) in [5.74, 6) is 0.606. The van der Waals surface area contributed by atoms with Crippen molar-refractivity contribution < 1.29 is 4.74 Å². The molecule has 2 aromatic carbocycles. The first-order valence-corrected chi connectivity index (χ1v) is 11.6. The standard InChI is InChI=1S/C26H25N7O/c1-17(18-7-3-2-4-8-18)31-26-27-14-20-13-19(10-11-22(20)32-26)24-21-15-30-33(25(21)29-16-28-24)23-9-5-6-12-34-23/h2-4,7-8,10-11,13-17,23H,5-6,9,12H2,1H3,(H,27,31,32). The van der Waals surface area contributed by atoms with E-state index in [0.717, 1.165) is 59.1 Å². The molecule has 1 saturated heterocycles. The molecule has 0 aliphatic carbocycles. The molecule has 1 fully saturated rings. The largest absolute Gasteiger partial charge is 0.356 e. The van der Waals surface area contributed by atoms with E-state index in [1.54, 1.807) is 6.33 Å². The van der Waals surface area contributed by atoms with Crippen LogP contribution in [0, 0.1) is 0 Å². The Kier molecular flexibility index (Phi) is 5.35. The van der Waals surface area contributed by atoms with Crippen molar-refractivity contribution in [3.8, 4) is 11.3 Å². The minimum atomic E-state index is -0.0665. The third kappa shape index (κ3) is 3.86. The molecule has 4 heterocycles. The van der Waals surface area contributed by atoms with Gasteiger partial charge in [0.15, 0.2) is 11.9 Å². The smallest absolute Gasteiger partial charge is 0.223 e. The van der Waals surface area contributed by atoms with Crippen LogP contribution in [0.1, 0.15) is 44.0 Å². The topological polar surface area (TPSA) is 90.6 Å². The van der Waals surface area contributed by atoms with Crippen LogP contribution in [-0.2, 0) is 4.74 Å². The van der Waals surface area contributed by atoms with Crippen molar-refractivity contribution in [1.29, 1.82) is 0 Å². The number of fused-ring (bicyclic) bond motifs is 2. The molecule has 5 aromatic rings. The summed E-state index contributed by atoms with van der Waals surface area (Å²) in [6.45, 7) is 2.86. The molecule has 8 heteroatoms. The number of nitrogens with zero attached hydrogens (tertiary/aromatic N) is 6. The maximum atomic E-state index is 5.92. The van der Waals surface area contributed by atoms with Crippen LogP contribution in [0.5, 0.6) is 0 Å². The predicted octanol–water partition coefficient (Wildman–Crippen LogP) is 5.31. The highest BCUT2D eigenvalue weighted by molar-refractivity contribution is 5.93. The van der Waals surface area contributed by atoms with Crippen molar-refractivity contribution in [3.63, 3.8) is 0 Å². The first kappa shape index (κ1) is 20.7. The van der Waals surface area contributed by atoms with Crippen molar-refractivity contribution in [2.24, 2.45) is 0 Å². The monoisotopic (exact) mass is 451 g/mol. The highest BCUT2D eigenvalue weighted by atomic mass is 16.5. The lowest BCUT2D eigenvalue weighted by Gasteiger charge is -2.22. The fourth-order valence-corrected chi connectivity index (χ4v) is 4.49. The number of rotatable bonds is 5. The van der Waals surface area contributed by atoms with Crippen LogP contribution in [0.15, 0.2) is 67.3 Å². The van der Waals surface area contributed by atoms with Gasteiger partial charge in [-0.1, -0.05) is 36.4 Å². The van der Waals surface area contributed by atoms with Gasteiger partial charge < -0.3 is 10.1 Å². The number of nitrogens with one attached hydrogen (secondary N) is 1. The van der Waals surface area contributed by atoms with E-state index in [4.69, 9.17) is 9.72 Å². The minimum Gasteiger partial charge on any atom is -0.356 e. The second-order valence-corrected chi connectivity index (χ2v) is 8.61. The summed E-state index contributed by atoms with van der Waals surface area (Å²) in [6, 6.07) is 16.5. The molecule has 8 nitrogen and oxygen atoms in total. The molecule has 0 saturated carbocycles. The quantitative estimate of drug-likeness (QED) is 0.387. The number of hydrogen-bond donors (Lipinski definition) is 1. The Morgan fingerprint density at radius 1 is 1.03 bits per heavy atom. The molecule has 170 valence electrons. The van der Waals surface area contributed by atoms with Crippen molar-refractivity contribution in [3.05, 3.63) is 72.8 Å². The summed E-state index contributed by atoms with van der Waals surface area (Å²) >= 11 is 0. The van der Waals surface area contributed by atoms with E-state index in [1.165, 1.54) is 5.56 Å². The van der Waals surface area contributed by atoms with Crippen molar-refractivity contribution >= 4 is 27.9 Å². The predicted molar refractivity (Wildman–Crippen MR) is 131 cm³/mol. The molecule has 2 atom stereocenters. The number of anilines is 1. The molecule has 1 aliphatic heterocycles. The van der Waals surface area contributed by atoms with E-state index in [-0.39, 0.29) is 12.3 Å². The van der Waals surface area contributed by atoms with Crippen LogP contribution in [0.4, 0.5) is 5.95 Å². The Morgan fingerprint density at radius 3 is 2.79 bits per heavy atom. The molecule has 6 rings (SSSR count). The van der Waals surface area contributed by atoms with Gasteiger partial charge in [0, 0.05) is 23.8 Å². The maximum absolute atomic E-state index is 5.92. The second kappa shape index (κ2) is 8.79. The number of ether oxygens (including phenoxy) is 1. The lowest BCUT2D eigenvalue weighted by atomic mass is 10.1. The van der Waals surface area contributed by atoms with E-state index in [0.29, 0.717) is 5.95 Å². The fraction of sp³-hybridized carbons (Fsp3) is 0.269. The molecule has 0 bridgehead atoms. The highest BCUT2D eigenvalue weighted by Gasteiger charge is 2.21. The van der Waals surface area contributed by atoms with Crippen LogP contribution in [-0.4, -0.2) is 36.3 Å². The van der Waals surface area contributed by atoms with Gasteiger partial charge in [0.05, 0.1) is 28.8 Å². The summed E-state index contributed by atoms with van der Waals surface area (Å²) in [5.41, 5.74) is 4.68. The molecular weight excluding hydrogens is 426 g/mol. The van der Waals surface area contributed by atoms with Gasteiger partial charge in [0.25, 0.3) is 0 Å². The van der Waals surface area contributed by atoms with E-state index in [2.05, 4.69) is 50.5 Å². The van der Waals surface area contributed by atoms with Crippen LogP contribution in [0.3, 0.4) is 0 Å². The van der Waals surface area contributed by atoms with E-state index < -0.39 is 0 Å². The normalized spacial score (nSPS) is 17.1. The van der Waals surface area contributed by atoms with E-state index in [9.17, 15) is 0 Å². The Labute approximate surface area is 197 Å². The Hall–Kier alpha value is -3.91. The lowest BCUT2D eigenvalue weighted by molar-refractivity contribution is -0.0370. The third-order valence-corrected chi connectivity index (χ3v) is 6.32. The Morgan fingerprint density at radius 2 is 1.94 bits per heavy atom. The van der Waals surface area contributed by atoms with Gasteiger partial charge in [0.1, 0.15) is 6.33 Å². The number of hydrogen-bond acceptors (Lipinski definition) is 7. The zero-order valence-corrected chi connectivity index (χ0v) is 18.9. The first-order chi connectivity index (χ1) is 16.8. The first-order valence-electron chi connectivity index (χ1n) is 11.6. The van der Waals surface area contributed by atoms with Gasteiger partial charge in [0.2, 0.25) is 5.95 Å². The molecule has 0 spiro atoms. The molecule has 0 radical (unpaired) electrons.